The number of amides is 1. The van der Waals surface area contributed by atoms with E-state index >= 15 is 0 Å². The minimum atomic E-state index is -0.669. The monoisotopic (exact) mass is 1100 g/mol. The minimum absolute atomic E-state index is 0.0312. The lowest BCUT2D eigenvalue weighted by Gasteiger charge is -2.22. The zero-order valence-electron chi connectivity index (χ0n) is 52.9. The smallest absolute Gasteiger partial charge is 0.305 e. The summed E-state index contributed by atoms with van der Waals surface area (Å²) in [4.78, 5) is 24.6. The second kappa shape index (κ2) is 67.8. The molecule has 6 heteroatoms. The molecule has 0 fully saturated rings. The highest BCUT2D eigenvalue weighted by atomic mass is 16.5. The van der Waals surface area contributed by atoms with Crippen molar-refractivity contribution in [1.82, 2.24) is 5.32 Å². The van der Waals surface area contributed by atoms with Gasteiger partial charge in [0.15, 0.2) is 0 Å². The SMILES string of the molecule is CCCCCCCCCCCCCCCCCCCCCCCCCCCC(O)C(CO)NC(=O)CCCCCCCCCCCCCCCC/C=C\C/C=C\CCOC(=O)CCCCCCCCCCCCCCCCC. The van der Waals surface area contributed by atoms with Crippen LogP contribution in [0.2, 0.25) is 0 Å². The van der Waals surface area contributed by atoms with Crippen LogP contribution in [0.5, 0.6) is 0 Å². The maximum atomic E-state index is 12.6. The highest BCUT2D eigenvalue weighted by Crippen LogP contribution is 2.19. The molecule has 0 bridgehead atoms. The van der Waals surface area contributed by atoms with Gasteiger partial charge in [-0.15, -0.1) is 0 Å². The number of ether oxygens (including phenoxy) is 1. The first-order valence-corrected chi connectivity index (χ1v) is 35.6. The fourth-order valence-electron chi connectivity index (χ4n) is 11.4. The highest BCUT2D eigenvalue weighted by molar-refractivity contribution is 5.76. The number of carbonyl (C=O) groups excluding carboxylic acids is 2. The van der Waals surface area contributed by atoms with Gasteiger partial charge in [0.1, 0.15) is 0 Å². The molecular formula is C72H139NO5. The molecule has 2 unspecified atom stereocenters. The fourth-order valence-corrected chi connectivity index (χ4v) is 11.4. The molecule has 3 N–H and O–H groups in total. The Bertz CT molecular complexity index is 1220. The first-order chi connectivity index (χ1) is 38.5. The van der Waals surface area contributed by atoms with Gasteiger partial charge in [0, 0.05) is 12.8 Å². The Kier molecular flexibility index (Phi) is 66.4. The summed E-state index contributed by atoms with van der Waals surface area (Å²) < 4.78 is 5.43. The lowest BCUT2D eigenvalue weighted by Crippen LogP contribution is -2.45. The number of aliphatic hydroxyl groups excluding tert-OH is 2. The number of hydrogen-bond donors (Lipinski definition) is 3. The molecule has 2 atom stereocenters. The average molecular weight is 1100 g/mol. The van der Waals surface area contributed by atoms with Crippen LogP contribution in [0, 0.1) is 0 Å². The van der Waals surface area contributed by atoms with E-state index in [1.165, 1.54) is 315 Å². The first-order valence-electron chi connectivity index (χ1n) is 35.6. The van der Waals surface area contributed by atoms with Gasteiger partial charge in [0.2, 0.25) is 5.91 Å². The standard InChI is InChI=1S/C72H139NO5/c1-3-5-7-9-11-13-15-17-19-20-21-22-23-24-25-27-30-33-37-40-44-48-52-56-60-64-70(75)69(68-74)73-71(76)65-61-57-53-49-45-41-38-34-31-28-26-29-32-35-39-43-47-51-55-59-63-67-78-72(77)66-62-58-54-50-46-42-36-18-16-14-12-10-8-6-4-2/h43,47,55,59,69-70,74-75H,3-42,44-46,48-54,56-58,60-68H2,1-2H3,(H,73,76)/b47-43-,59-55-. The fraction of sp³-hybridized carbons (Fsp3) is 0.917. The molecule has 0 spiro atoms. The molecule has 0 saturated heterocycles. The van der Waals surface area contributed by atoms with E-state index in [0.29, 0.717) is 25.9 Å². The molecular weight excluding hydrogens is 959 g/mol. The highest BCUT2D eigenvalue weighted by Gasteiger charge is 2.20. The van der Waals surface area contributed by atoms with Crippen molar-refractivity contribution in [3.63, 3.8) is 0 Å². The number of aliphatic hydroxyl groups is 2. The zero-order chi connectivity index (χ0) is 56.4. The molecule has 0 aromatic rings. The number of carbonyl (C=O) groups is 2. The molecule has 0 aromatic heterocycles. The van der Waals surface area contributed by atoms with Gasteiger partial charge in [-0.1, -0.05) is 366 Å². The lowest BCUT2D eigenvalue weighted by atomic mass is 10.0. The van der Waals surface area contributed by atoms with E-state index in [-0.39, 0.29) is 18.5 Å². The average Bonchev–Trinajstić information content (AvgIpc) is 3.44. The Labute approximate surface area is 488 Å². The second-order valence-electron chi connectivity index (χ2n) is 24.6. The van der Waals surface area contributed by atoms with E-state index in [4.69, 9.17) is 4.74 Å². The molecule has 6 nitrogen and oxygen atoms in total. The van der Waals surface area contributed by atoms with E-state index in [2.05, 4.69) is 43.5 Å². The summed E-state index contributed by atoms with van der Waals surface area (Å²) in [5.41, 5.74) is 0. The van der Waals surface area contributed by atoms with Crippen molar-refractivity contribution in [3.05, 3.63) is 24.3 Å². The number of unbranched alkanes of at least 4 members (excludes halogenated alkanes) is 52. The molecule has 0 heterocycles. The number of rotatable bonds is 67. The Morgan fingerprint density at radius 1 is 0.359 bits per heavy atom. The molecule has 0 aromatic carbocycles. The van der Waals surface area contributed by atoms with Gasteiger partial charge < -0.3 is 20.3 Å². The summed E-state index contributed by atoms with van der Waals surface area (Å²) >= 11 is 0. The van der Waals surface area contributed by atoms with Gasteiger partial charge in [-0.3, -0.25) is 9.59 Å². The number of hydrogen-bond acceptors (Lipinski definition) is 5. The Hall–Kier alpha value is -1.66. The lowest BCUT2D eigenvalue weighted by molar-refractivity contribution is -0.143. The molecule has 0 aliphatic carbocycles. The maximum absolute atomic E-state index is 12.6. The van der Waals surface area contributed by atoms with Crippen molar-refractivity contribution < 1.29 is 24.5 Å². The van der Waals surface area contributed by atoms with Crippen molar-refractivity contribution in [2.24, 2.45) is 0 Å². The van der Waals surface area contributed by atoms with Crippen LogP contribution in [0.1, 0.15) is 399 Å². The summed E-state index contributed by atoms with van der Waals surface area (Å²) in [6.45, 7) is 4.89. The van der Waals surface area contributed by atoms with E-state index in [1.54, 1.807) is 0 Å². The van der Waals surface area contributed by atoms with E-state index < -0.39 is 12.1 Å². The largest absolute Gasteiger partial charge is 0.465 e. The molecule has 1 amide bonds. The van der Waals surface area contributed by atoms with Crippen LogP contribution in [0.3, 0.4) is 0 Å². The third kappa shape index (κ3) is 63.5. The van der Waals surface area contributed by atoms with Gasteiger partial charge >= 0.3 is 5.97 Å². The summed E-state index contributed by atoms with van der Waals surface area (Å²) in [5.74, 6) is -0.0660. The Balaban J connectivity index is 3.43. The third-order valence-corrected chi connectivity index (χ3v) is 16.8. The Morgan fingerprint density at radius 3 is 0.974 bits per heavy atom. The van der Waals surface area contributed by atoms with Gasteiger partial charge in [-0.05, 0) is 44.9 Å². The number of nitrogens with one attached hydrogen (secondary N) is 1. The van der Waals surface area contributed by atoms with Crippen LogP contribution in [-0.4, -0.2) is 47.4 Å². The van der Waals surface area contributed by atoms with Crippen molar-refractivity contribution in [2.75, 3.05) is 13.2 Å². The summed E-state index contributed by atoms with van der Waals surface area (Å²) in [7, 11) is 0. The van der Waals surface area contributed by atoms with Crippen LogP contribution in [0.25, 0.3) is 0 Å². The van der Waals surface area contributed by atoms with Gasteiger partial charge in [-0.2, -0.15) is 0 Å². The molecule has 0 saturated carbocycles. The molecule has 0 aliphatic rings. The maximum Gasteiger partial charge on any atom is 0.305 e. The molecule has 0 rings (SSSR count). The van der Waals surface area contributed by atoms with Gasteiger partial charge in [0.25, 0.3) is 0 Å². The van der Waals surface area contributed by atoms with Crippen LogP contribution in [0.4, 0.5) is 0 Å². The van der Waals surface area contributed by atoms with Crippen LogP contribution >= 0.6 is 0 Å². The molecule has 78 heavy (non-hydrogen) atoms. The third-order valence-electron chi connectivity index (χ3n) is 16.8. The van der Waals surface area contributed by atoms with Crippen LogP contribution in [0.15, 0.2) is 24.3 Å². The molecule has 0 aliphatic heterocycles. The molecule has 462 valence electrons. The van der Waals surface area contributed by atoms with E-state index in [1.807, 2.05) is 0 Å². The predicted molar refractivity (Wildman–Crippen MR) is 343 cm³/mol. The quantitative estimate of drug-likeness (QED) is 0.0320. The van der Waals surface area contributed by atoms with E-state index in [0.717, 1.165) is 51.4 Å². The normalized spacial score (nSPS) is 12.6. The van der Waals surface area contributed by atoms with E-state index in [9.17, 15) is 19.8 Å². The zero-order valence-corrected chi connectivity index (χ0v) is 52.9. The van der Waals surface area contributed by atoms with Gasteiger partial charge in [-0.25, -0.2) is 0 Å². The summed E-state index contributed by atoms with van der Waals surface area (Å²) in [5, 5.41) is 23.4. The topological polar surface area (TPSA) is 95.9 Å². The molecule has 0 radical (unpaired) electrons. The van der Waals surface area contributed by atoms with Gasteiger partial charge in [0.05, 0.1) is 25.4 Å². The summed E-state index contributed by atoms with van der Waals surface area (Å²) in [6, 6.07) is -0.547. The number of allylic oxidation sites excluding steroid dienone is 3. The van der Waals surface area contributed by atoms with Crippen molar-refractivity contribution in [1.29, 1.82) is 0 Å². The van der Waals surface area contributed by atoms with Crippen molar-refractivity contribution in [3.8, 4) is 0 Å². The van der Waals surface area contributed by atoms with Crippen molar-refractivity contribution in [2.45, 2.75) is 411 Å². The van der Waals surface area contributed by atoms with Crippen molar-refractivity contribution >= 4 is 11.9 Å². The minimum Gasteiger partial charge on any atom is -0.465 e. The number of esters is 1. The Morgan fingerprint density at radius 2 is 0.641 bits per heavy atom. The predicted octanol–water partition coefficient (Wildman–Crippen LogP) is 22.9. The first kappa shape index (κ1) is 76.3. The van der Waals surface area contributed by atoms with Crippen LogP contribution in [-0.2, 0) is 14.3 Å². The van der Waals surface area contributed by atoms with Crippen LogP contribution < -0.4 is 5.32 Å². The second-order valence-corrected chi connectivity index (χ2v) is 24.6. The summed E-state index contributed by atoms with van der Waals surface area (Å²) in [6.07, 6.45) is 85.2.